The summed E-state index contributed by atoms with van der Waals surface area (Å²) in [6, 6.07) is 0. The Bertz CT molecular complexity index is 132. The van der Waals surface area contributed by atoms with E-state index in [2.05, 4.69) is 6.92 Å². The highest BCUT2D eigenvalue weighted by Crippen LogP contribution is 2.43. The highest BCUT2D eigenvalue weighted by atomic mass is 16.5. The van der Waals surface area contributed by atoms with Crippen molar-refractivity contribution in [2.75, 3.05) is 13.7 Å². The molecule has 1 N–H and O–H groups in total. The van der Waals surface area contributed by atoms with Crippen LogP contribution in [-0.2, 0) is 4.74 Å². The molecule has 1 unspecified atom stereocenters. The summed E-state index contributed by atoms with van der Waals surface area (Å²) in [4.78, 5) is 0. The van der Waals surface area contributed by atoms with Gasteiger partial charge in [-0.05, 0) is 38.0 Å². The van der Waals surface area contributed by atoms with Crippen LogP contribution < -0.4 is 0 Å². The monoisotopic (exact) mass is 172 g/mol. The van der Waals surface area contributed by atoms with Crippen LogP contribution in [0.5, 0.6) is 0 Å². The molecular formula is C10H20O2. The average molecular weight is 172 g/mol. The third-order valence-electron chi connectivity index (χ3n) is 2.91. The summed E-state index contributed by atoms with van der Waals surface area (Å²) >= 11 is 0. The van der Waals surface area contributed by atoms with E-state index in [-0.39, 0.29) is 5.60 Å². The maximum absolute atomic E-state index is 10.1. The fourth-order valence-corrected chi connectivity index (χ4v) is 1.81. The molecule has 0 heterocycles. The topological polar surface area (TPSA) is 29.5 Å². The lowest BCUT2D eigenvalue weighted by molar-refractivity contribution is -0.00203. The van der Waals surface area contributed by atoms with Gasteiger partial charge in [-0.2, -0.15) is 0 Å². The van der Waals surface area contributed by atoms with Crippen LogP contribution in [0.1, 0.15) is 39.0 Å². The van der Waals surface area contributed by atoms with Gasteiger partial charge >= 0.3 is 0 Å². The predicted molar refractivity (Wildman–Crippen MR) is 49.1 cm³/mol. The maximum atomic E-state index is 10.1. The molecule has 12 heavy (non-hydrogen) atoms. The van der Waals surface area contributed by atoms with E-state index in [1.54, 1.807) is 7.11 Å². The van der Waals surface area contributed by atoms with Gasteiger partial charge in [-0.3, -0.25) is 0 Å². The van der Waals surface area contributed by atoms with E-state index in [9.17, 15) is 5.11 Å². The number of ether oxygens (including phenoxy) is 1. The Morgan fingerprint density at radius 1 is 1.50 bits per heavy atom. The average Bonchev–Trinajstić information content (AvgIpc) is 2.87. The number of methoxy groups -OCH3 is 1. The van der Waals surface area contributed by atoms with Crippen LogP contribution in [-0.4, -0.2) is 24.4 Å². The van der Waals surface area contributed by atoms with Crippen LogP contribution in [0.15, 0.2) is 0 Å². The first kappa shape index (κ1) is 10.0. The normalized spacial score (nSPS) is 22.2. The van der Waals surface area contributed by atoms with Crippen molar-refractivity contribution in [1.82, 2.24) is 0 Å². The number of hydrogen-bond donors (Lipinski definition) is 1. The first-order valence-corrected chi connectivity index (χ1v) is 4.94. The molecule has 0 spiro atoms. The summed E-state index contributed by atoms with van der Waals surface area (Å²) in [5.74, 6) is 0.583. The van der Waals surface area contributed by atoms with Gasteiger partial charge in [-0.15, -0.1) is 0 Å². The zero-order valence-corrected chi connectivity index (χ0v) is 8.18. The summed E-state index contributed by atoms with van der Waals surface area (Å²) in [7, 11) is 1.71. The second kappa shape index (κ2) is 4.24. The Morgan fingerprint density at radius 3 is 2.58 bits per heavy atom. The standard InChI is InChI=1S/C10H20O2/c1-3-10(11,9-5-6-9)7-4-8-12-2/h9,11H,3-8H2,1-2H3. The van der Waals surface area contributed by atoms with Gasteiger partial charge < -0.3 is 9.84 Å². The van der Waals surface area contributed by atoms with Crippen LogP contribution in [0.2, 0.25) is 0 Å². The minimum absolute atomic E-state index is 0.376. The smallest absolute Gasteiger partial charge is 0.0674 e. The fourth-order valence-electron chi connectivity index (χ4n) is 1.81. The minimum Gasteiger partial charge on any atom is -0.390 e. The van der Waals surface area contributed by atoms with Gasteiger partial charge in [0.2, 0.25) is 0 Å². The van der Waals surface area contributed by atoms with Crippen LogP contribution in [0.25, 0.3) is 0 Å². The molecule has 1 saturated carbocycles. The molecule has 0 radical (unpaired) electrons. The van der Waals surface area contributed by atoms with Gasteiger partial charge in [0, 0.05) is 13.7 Å². The van der Waals surface area contributed by atoms with Crippen LogP contribution in [0.4, 0.5) is 0 Å². The molecule has 0 aromatic rings. The number of rotatable bonds is 6. The van der Waals surface area contributed by atoms with Crippen molar-refractivity contribution in [3.05, 3.63) is 0 Å². The molecule has 0 amide bonds. The van der Waals surface area contributed by atoms with E-state index in [4.69, 9.17) is 4.74 Å². The molecule has 1 fully saturated rings. The molecule has 0 aliphatic heterocycles. The summed E-state index contributed by atoms with van der Waals surface area (Å²) < 4.78 is 4.97. The fraction of sp³-hybridized carbons (Fsp3) is 1.00. The zero-order valence-electron chi connectivity index (χ0n) is 8.18. The largest absolute Gasteiger partial charge is 0.390 e. The molecule has 1 rings (SSSR count). The summed E-state index contributed by atoms with van der Waals surface area (Å²) in [5, 5.41) is 10.1. The zero-order chi connectivity index (χ0) is 9.03. The van der Waals surface area contributed by atoms with Crippen molar-refractivity contribution in [3.63, 3.8) is 0 Å². The second-order valence-electron chi connectivity index (χ2n) is 3.83. The highest BCUT2D eigenvalue weighted by Gasteiger charge is 2.41. The van der Waals surface area contributed by atoms with Gasteiger partial charge in [0.25, 0.3) is 0 Å². The highest BCUT2D eigenvalue weighted by molar-refractivity contribution is 4.93. The third kappa shape index (κ3) is 2.46. The van der Waals surface area contributed by atoms with E-state index in [0.717, 1.165) is 25.9 Å². The minimum atomic E-state index is -0.376. The van der Waals surface area contributed by atoms with E-state index in [1.165, 1.54) is 12.8 Å². The lowest BCUT2D eigenvalue weighted by Crippen LogP contribution is -2.30. The summed E-state index contributed by atoms with van der Waals surface area (Å²) in [6.07, 6.45) is 5.22. The van der Waals surface area contributed by atoms with Gasteiger partial charge in [-0.1, -0.05) is 6.92 Å². The van der Waals surface area contributed by atoms with Gasteiger partial charge in [0.15, 0.2) is 0 Å². The molecule has 1 aliphatic rings. The van der Waals surface area contributed by atoms with E-state index in [0.29, 0.717) is 5.92 Å². The number of hydrogen-bond acceptors (Lipinski definition) is 2. The molecule has 1 aliphatic carbocycles. The Balaban J connectivity index is 2.23. The van der Waals surface area contributed by atoms with E-state index < -0.39 is 0 Å². The van der Waals surface area contributed by atoms with Crippen LogP contribution >= 0.6 is 0 Å². The van der Waals surface area contributed by atoms with E-state index in [1.807, 2.05) is 0 Å². The van der Waals surface area contributed by atoms with Crippen molar-refractivity contribution in [3.8, 4) is 0 Å². The van der Waals surface area contributed by atoms with Crippen molar-refractivity contribution in [2.24, 2.45) is 5.92 Å². The van der Waals surface area contributed by atoms with Crippen molar-refractivity contribution >= 4 is 0 Å². The predicted octanol–water partition coefficient (Wildman–Crippen LogP) is 1.96. The molecule has 0 bridgehead atoms. The molecule has 0 saturated heterocycles. The molecule has 1 atom stereocenters. The lowest BCUT2D eigenvalue weighted by Gasteiger charge is -2.26. The Kier molecular flexibility index (Phi) is 3.53. The van der Waals surface area contributed by atoms with E-state index >= 15 is 0 Å². The maximum Gasteiger partial charge on any atom is 0.0674 e. The van der Waals surface area contributed by atoms with Crippen molar-refractivity contribution in [2.45, 2.75) is 44.6 Å². The van der Waals surface area contributed by atoms with Crippen LogP contribution in [0, 0.1) is 5.92 Å². The number of aliphatic hydroxyl groups is 1. The Morgan fingerprint density at radius 2 is 2.17 bits per heavy atom. The van der Waals surface area contributed by atoms with Gasteiger partial charge in [0.05, 0.1) is 5.60 Å². The quantitative estimate of drug-likeness (QED) is 0.621. The lowest BCUT2D eigenvalue weighted by atomic mass is 9.89. The third-order valence-corrected chi connectivity index (χ3v) is 2.91. The second-order valence-corrected chi connectivity index (χ2v) is 3.83. The molecule has 2 heteroatoms. The molecule has 72 valence electrons. The van der Waals surface area contributed by atoms with Crippen molar-refractivity contribution in [1.29, 1.82) is 0 Å². The Labute approximate surface area is 74.9 Å². The Hall–Kier alpha value is -0.0800. The molecule has 0 aromatic carbocycles. The van der Waals surface area contributed by atoms with Gasteiger partial charge in [-0.25, -0.2) is 0 Å². The summed E-state index contributed by atoms with van der Waals surface area (Å²) in [5.41, 5.74) is -0.376. The van der Waals surface area contributed by atoms with Gasteiger partial charge in [0.1, 0.15) is 0 Å². The first-order chi connectivity index (χ1) is 5.73. The first-order valence-electron chi connectivity index (χ1n) is 4.94. The van der Waals surface area contributed by atoms with Crippen LogP contribution in [0.3, 0.4) is 0 Å². The molecule has 0 aromatic heterocycles. The summed E-state index contributed by atoms with van der Waals surface area (Å²) in [6.45, 7) is 2.85. The van der Waals surface area contributed by atoms with Crippen molar-refractivity contribution < 1.29 is 9.84 Å². The molecular weight excluding hydrogens is 152 g/mol. The SMILES string of the molecule is CCC(O)(CCCOC)C1CC1. The molecule has 2 nitrogen and oxygen atoms in total.